The number of benzene rings is 1. The number of carbonyl (C=O) groups is 2. The SMILES string of the molecule is CNCCCNC(=O)CCCc1ccc2c(c1)CC(=O)N2. The third kappa shape index (κ3) is 4.86. The molecule has 1 heterocycles. The summed E-state index contributed by atoms with van der Waals surface area (Å²) in [5.41, 5.74) is 3.17. The van der Waals surface area contributed by atoms with Gasteiger partial charge in [-0.3, -0.25) is 9.59 Å². The smallest absolute Gasteiger partial charge is 0.228 e. The molecule has 0 aliphatic carbocycles. The number of aryl methyl sites for hydroxylation is 1. The fraction of sp³-hybridized carbons (Fsp3) is 0.500. The number of nitrogens with one attached hydrogen (secondary N) is 3. The summed E-state index contributed by atoms with van der Waals surface area (Å²) in [4.78, 5) is 22.9. The van der Waals surface area contributed by atoms with Crippen LogP contribution < -0.4 is 16.0 Å². The van der Waals surface area contributed by atoms with Crippen LogP contribution in [-0.4, -0.2) is 32.0 Å². The Kier molecular flexibility index (Phi) is 5.75. The minimum atomic E-state index is 0.0584. The lowest BCUT2D eigenvalue weighted by Crippen LogP contribution is -2.26. The van der Waals surface area contributed by atoms with Crippen LogP contribution in [0.5, 0.6) is 0 Å². The van der Waals surface area contributed by atoms with Gasteiger partial charge in [-0.05, 0) is 50.0 Å². The van der Waals surface area contributed by atoms with Gasteiger partial charge in [-0.15, -0.1) is 0 Å². The van der Waals surface area contributed by atoms with E-state index in [4.69, 9.17) is 0 Å². The second kappa shape index (κ2) is 7.78. The van der Waals surface area contributed by atoms with Crippen LogP contribution in [0.3, 0.4) is 0 Å². The van der Waals surface area contributed by atoms with E-state index in [1.807, 2.05) is 19.2 Å². The van der Waals surface area contributed by atoms with Crippen LogP contribution in [0.25, 0.3) is 0 Å². The molecule has 0 atom stereocenters. The summed E-state index contributed by atoms with van der Waals surface area (Å²) in [6, 6.07) is 6.04. The summed E-state index contributed by atoms with van der Waals surface area (Å²) in [7, 11) is 1.90. The molecule has 3 N–H and O–H groups in total. The quantitative estimate of drug-likeness (QED) is 0.630. The van der Waals surface area contributed by atoms with Gasteiger partial charge in [-0.2, -0.15) is 0 Å². The summed E-state index contributed by atoms with van der Waals surface area (Å²) in [5.74, 6) is 0.173. The maximum atomic E-state index is 11.6. The molecular formula is C16H23N3O2. The van der Waals surface area contributed by atoms with Crippen molar-refractivity contribution in [3.05, 3.63) is 29.3 Å². The van der Waals surface area contributed by atoms with Crippen molar-refractivity contribution in [3.8, 4) is 0 Å². The van der Waals surface area contributed by atoms with Crippen LogP contribution in [0, 0.1) is 0 Å². The lowest BCUT2D eigenvalue weighted by Gasteiger charge is -2.06. The maximum absolute atomic E-state index is 11.6. The first-order valence-electron chi connectivity index (χ1n) is 7.52. The molecule has 0 unspecified atom stereocenters. The first-order valence-corrected chi connectivity index (χ1v) is 7.52. The van der Waals surface area contributed by atoms with Crippen LogP contribution in [0.4, 0.5) is 5.69 Å². The summed E-state index contributed by atoms with van der Waals surface area (Å²) in [5, 5.41) is 8.79. The average Bonchev–Trinajstić information content (AvgIpc) is 2.83. The van der Waals surface area contributed by atoms with Crippen molar-refractivity contribution >= 4 is 17.5 Å². The molecule has 1 aliphatic rings. The van der Waals surface area contributed by atoms with Crippen molar-refractivity contribution in [2.45, 2.75) is 32.1 Å². The van der Waals surface area contributed by atoms with Gasteiger partial charge in [0.25, 0.3) is 0 Å². The van der Waals surface area contributed by atoms with Crippen molar-refractivity contribution in [2.75, 3.05) is 25.5 Å². The summed E-state index contributed by atoms with van der Waals surface area (Å²) in [6.45, 7) is 1.65. The van der Waals surface area contributed by atoms with Crippen LogP contribution in [0.15, 0.2) is 18.2 Å². The molecule has 1 aliphatic heterocycles. The highest BCUT2D eigenvalue weighted by atomic mass is 16.2. The summed E-state index contributed by atoms with van der Waals surface area (Å²) < 4.78 is 0. The highest BCUT2D eigenvalue weighted by Gasteiger charge is 2.17. The van der Waals surface area contributed by atoms with E-state index in [9.17, 15) is 9.59 Å². The fourth-order valence-electron chi connectivity index (χ4n) is 2.47. The predicted molar refractivity (Wildman–Crippen MR) is 83.3 cm³/mol. The largest absolute Gasteiger partial charge is 0.356 e. The lowest BCUT2D eigenvalue weighted by atomic mass is 10.0. The van der Waals surface area contributed by atoms with Crippen LogP contribution in [0.2, 0.25) is 0 Å². The molecule has 5 nitrogen and oxygen atoms in total. The molecular weight excluding hydrogens is 266 g/mol. The highest BCUT2D eigenvalue weighted by Crippen LogP contribution is 2.24. The standard InChI is InChI=1S/C16H23N3O2/c1-17-8-3-9-18-15(20)5-2-4-12-6-7-14-13(10-12)11-16(21)19-14/h6-7,10,17H,2-5,8-9,11H2,1H3,(H,18,20)(H,19,21). The van der Waals surface area contributed by atoms with E-state index < -0.39 is 0 Å². The molecule has 0 saturated carbocycles. The molecule has 0 saturated heterocycles. The first-order chi connectivity index (χ1) is 10.2. The number of fused-ring (bicyclic) bond motifs is 1. The summed E-state index contributed by atoms with van der Waals surface area (Å²) in [6.07, 6.45) is 3.67. The van der Waals surface area contributed by atoms with Gasteiger partial charge in [0.1, 0.15) is 0 Å². The molecule has 5 heteroatoms. The van der Waals surface area contributed by atoms with Crippen molar-refractivity contribution in [1.82, 2.24) is 10.6 Å². The van der Waals surface area contributed by atoms with Gasteiger partial charge >= 0.3 is 0 Å². The van der Waals surface area contributed by atoms with Crippen LogP contribution in [0.1, 0.15) is 30.4 Å². The van der Waals surface area contributed by atoms with Gasteiger partial charge in [-0.25, -0.2) is 0 Å². The molecule has 114 valence electrons. The Labute approximate surface area is 125 Å². The third-order valence-corrected chi connectivity index (χ3v) is 3.59. The van der Waals surface area contributed by atoms with Gasteiger partial charge in [0.05, 0.1) is 6.42 Å². The highest BCUT2D eigenvalue weighted by molar-refractivity contribution is 5.99. The Hall–Kier alpha value is -1.88. The van der Waals surface area contributed by atoms with Crippen LogP contribution in [-0.2, 0) is 22.4 Å². The predicted octanol–water partition coefficient (Wildman–Crippen LogP) is 1.23. The van der Waals surface area contributed by atoms with Crippen molar-refractivity contribution in [3.63, 3.8) is 0 Å². The lowest BCUT2D eigenvalue weighted by molar-refractivity contribution is -0.121. The van der Waals surface area contributed by atoms with E-state index >= 15 is 0 Å². The Balaban J connectivity index is 1.68. The van der Waals surface area contributed by atoms with E-state index in [-0.39, 0.29) is 11.8 Å². The molecule has 1 aromatic carbocycles. The second-order valence-corrected chi connectivity index (χ2v) is 5.38. The molecule has 1 aromatic rings. The fourth-order valence-corrected chi connectivity index (χ4v) is 2.47. The molecule has 0 aromatic heterocycles. The zero-order chi connectivity index (χ0) is 15.1. The Morgan fingerprint density at radius 2 is 2.14 bits per heavy atom. The van der Waals surface area contributed by atoms with Gasteiger partial charge in [-0.1, -0.05) is 12.1 Å². The Morgan fingerprint density at radius 1 is 1.29 bits per heavy atom. The number of rotatable bonds is 8. The van der Waals surface area contributed by atoms with E-state index in [0.717, 1.165) is 43.6 Å². The average molecular weight is 289 g/mol. The minimum Gasteiger partial charge on any atom is -0.356 e. The monoisotopic (exact) mass is 289 g/mol. The molecule has 0 bridgehead atoms. The Bertz CT molecular complexity index is 514. The number of anilines is 1. The van der Waals surface area contributed by atoms with Crippen molar-refractivity contribution in [1.29, 1.82) is 0 Å². The topological polar surface area (TPSA) is 70.2 Å². The molecule has 21 heavy (non-hydrogen) atoms. The minimum absolute atomic E-state index is 0.0584. The summed E-state index contributed by atoms with van der Waals surface area (Å²) >= 11 is 0. The van der Waals surface area contributed by atoms with Gasteiger partial charge in [0.15, 0.2) is 0 Å². The number of hydrogen-bond acceptors (Lipinski definition) is 3. The Morgan fingerprint density at radius 3 is 2.95 bits per heavy atom. The van der Waals surface area contributed by atoms with E-state index in [1.165, 1.54) is 5.56 Å². The van der Waals surface area contributed by atoms with Crippen molar-refractivity contribution in [2.24, 2.45) is 0 Å². The number of hydrogen-bond donors (Lipinski definition) is 3. The molecule has 0 radical (unpaired) electrons. The van der Waals surface area contributed by atoms with Gasteiger partial charge in [0, 0.05) is 18.7 Å². The van der Waals surface area contributed by atoms with Gasteiger partial charge in [0.2, 0.25) is 11.8 Å². The molecule has 2 amide bonds. The second-order valence-electron chi connectivity index (χ2n) is 5.38. The molecule has 0 spiro atoms. The van der Waals surface area contributed by atoms with Crippen molar-refractivity contribution < 1.29 is 9.59 Å². The molecule has 2 rings (SSSR count). The van der Waals surface area contributed by atoms with E-state index in [1.54, 1.807) is 0 Å². The van der Waals surface area contributed by atoms with E-state index in [0.29, 0.717) is 12.8 Å². The van der Waals surface area contributed by atoms with E-state index in [2.05, 4.69) is 22.0 Å². The zero-order valence-corrected chi connectivity index (χ0v) is 12.5. The molecule has 0 fully saturated rings. The first kappa shape index (κ1) is 15.5. The maximum Gasteiger partial charge on any atom is 0.228 e. The van der Waals surface area contributed by atoms with Gasteiger partial charge < -0.3 is 16.0 Å². The normalized spacial score (nSPS) is 12.9. The zero-order valence-electron chi connectivity index (χ0n) is 12.5. The third-order valence-electron chi connectivity index (χ3n) is 3.59. The number of carbonyl (C=O) groups excluding carboxylic acids is 2. The van der Waals surface area contributed by atoms with Crippen LogP contribution >= 0.6 is 0 Å². The number of amides is 2.